The third-order valence-electron chi connectivity index (χ3n) is 7.43. The Morgan fingerprint density at radius 2 is 1.86 bits per heavy atom. The summed E-state index contributed by atoms with van der Waals surface area (Å²) in [6.07, 6.45) is 9.11. The molecule has 1 aliphatic carbocycles. The third kappa shape index (κ3) is 7.28. The van der Waals surface area contributed by atoms with Gasteiger partial charge in [-0.25, -0.2) is 14.4 Å². The van der Waals surface area contributed by atoms with Crippen LogP contribution in [0.25, 0.3) is 11.1 Å². The molecule has 36 heavy (non-hydrogen) atoms. The highest BCUT2D eigenvalue weighted by atomic mass is 35.5. The highest BCUT2D eigenvalue weighted by molar-refractivity contribution is 6.32. The molecule has 1 aliphatic heterocycles. The lowest BCUT2D eigenvalue weighted by Gasteiger charge is -2.34. The van der Waals surface area contributed by atoms with Crippen molar-refractivity contribution in [2.45, 2.75) is 70.5 Å². The van der Waals surface area contributed by atoms with E-state index in [4.69, 9.17) is 21.1 Å². The maximum absolute atomic E-state index is 14.8. The largest absolute Gasteiger partial charge is 0.383 e. The third-order valence-corrected chi connectivity index (χ3v) is 7.73. The average Bonchev–Trinajstić information content (AvgIpc) is 2.87. The van der Waals surface area contributed by atoms with Gasteiger partial charge < -0.3 is 25.4 Å². The molecule has 1 saturated carbocycles. The van der Waals surface area contributed by atoms with Crippen LogP contribution in [-0.2, 0) is 9.47 Å². The summed E-state index contributed by atoms with van der Waals surface area (Å²) in [5, 5.41) is 11.0. The number of hydrogen-bond acceptors (Lipinski definition) is 7. The number of pyridine rings is 2. The Labute approximate surface area is 218 Å². The maximum atomic E-state index is 14.8. The molecule has 2 aromatic rings. The predicted molar refractivity (Wildman–Crippen MR) is 143 cm³/mol. The number of anilines is 2. The minimum atomic E-state index is -0.382. The zero-order valence-electron chi connectivity index (χ0n) is 21.6. The van der Waals surface area contributed by atoms with Gasteiger partial charge in [-0.1, -0.05) is 18.5 Å². The molecule has 7 nitrogen and oxygen atoms in total. The van der Waals surface area contributed by atoms with Gasteiger partial charge >= 0.3 is 0 Å². The van der Waals surface area contributed by atoms with Gasteiger partial charge in [0.15, 0.2) is 5.15 Å². The standard InChI is InChI=1S/C27H39ClFN5O2/c1-18(16-35-3)33-20-4-6-21(7-5-20)34-25-13-22(23(29)15-30-25)19-12-24(26(28)31-14-19)32-17-27(2)8-10-36-11-9-27/h12-15,18,20-21,32-33H,4-11,16-17H2,1-3H3,(H,30,34)/t18-,20?,21?/m0/s1. The normalized spacial score (nSPS) is 22.7. The molecule has 0 bridgehead atoms. The van der Waals surface area contributed by atoms with Crippen molar-refractivity contribution < 1.29 is 13.9 Å². The Bertz CT molecular complexity index is 996. The van der Waals surface area contributed by atoms with Gasteiger partial charge in [0.2, 0.25) is 0 Å². The summed E-state index contributed by atoms with van der Waals surface area (Å²) in [7, 11) is 1.73. The van der Waals surface area contributed by atoms with Gasteiger partial charge in [-0.2, -0.15) is 0 Å². The van der Waals surface area contributed by atoms with Crippen LogP contribution in [0.2, 0.25) is 5.15 Å². The average molecular weight is 520 g/mol. The van der Waals surface area contributed by atoms with E-state index in [0.29, 0.717) is 52.5 Å². The summed E-state index contributed by atoms with van der Waals surface area (Å²) >= 11 is 6.38. The second-order valence-corrected chi connectivity index (χ2v) is 11.0. The summed E-state index contributed by atoms with van der Waals surface area (Å²) in [4.78, 5) is 8.63. The smallest absolute Gasteiger partial charge is 0.152 e. The van der Waals surface area contributed by atoms with Crippen molar-refractivity contribution in [3.63, 3.8) is 0 Å². The van der Waals surface area contributed by atoms with Gasteiger partial charge in [0.05, 0.1) is 18.5 Å². The number of methoxy groups -OCH3 is 1. The fraction of sp³-hybridized carbons (Fsp3) is 0.630. The van der Waals surface area contributed by atoms with Crippen molar-refractivity contribution in [2.75, 3.05) is 44.1 Å². The lowest BCUT2D eigenvalue weighted by atomic mass is 9.82. The molecular formula is C27H39ClFN5O2. The SMILES string of the molecule is COC[C@H](C)NC1CCC(Nc2cc(-c3cnc(Cl)c(NCC4(C)CCOCC4)c3)c(F)cn2)CC1. The molecule has 0 amide bonds. The molecule has 2 aliphatic rings. The van der Waals surface area contributed by atoms with E-state index in [1.54, 1.807) is 19.4 Å². The van der Waals surface area contributed by atoms with Crippen LogP contribution in [0.3, 0.4) is 0 Å². The van der Waals surface area contributed by atoms with E-state index in [2.05, 4.69) is 39.8 Å². The molecule has 3 heterocycles. The van der Waals surface area contributed by atoms with Gasteiger partial charge in [-0.15, -0.1) is 0 Å². The van der Waals surface area contributed by atoms with Crippen LogP contribution >= 0.6 is 11.6 Å². The van der Waals surface area contributed by atoms with Crippen molar-refractivity contribution in [3.05, 3.63) is 35.5 Å². The predicted octanol–water partition coefficient (Wildman–Crippen LogP) is 5.51. The zero-order chi connectivity index (χ0) is 25.5. The molecular weight excluding hydrogens is 481 g/mol. The van der Waals surface area contributed by atoms with Gasteiger partial charge in [0.1, 0.15) is 11.6 Å². The summed E-state index contributed by atoms with van der Waals surface area (Å²) in [5.74, 6) is 0.293. The van der Waals surface area contributed by atoms with Gasteiger partial charge in [-0.3, -0.25) is 0 Å². The highest BCUT2D eigenvalue weighted by Crippen LogP contribution is 2.33. The van der Waals surface area contributed by atoms with Crippen molar-refractivity contribution in [3.8, 4) is 11.1 Å². The lowest BCUT2D eigenvalue weighted by Crippen LogP contribution is -2.42. The Kier molecular flexibility index (Phi) is 9.39. The van der Waals surface area contributed by atoms with E-state index in [1.165, 1.54) is 6.20 Å². The number of halogens is 2. The summed E-state index contributed by atoms with van der Waals surface area (Å²) in [5.41, 5.74) is 1.97. The van der Waals surface area contributed by atoms with Crippen molar-refractivity contribution in [2.24, 2.45) is 5.41 Å². The fourth-order valence-corrected chi connectivity index (χ4v) is 5.29. The van der Waals surface area contributed by atoms with E-state index in [-0.39, 0.29) is 11.2 Å². The number of nitrogens with zero attached hydrogens (tertiary/aromatic N) is 2. The van der Waals surface area contributed by atoms with Gasteiger partial charge in [0, 0.05) is 62.3 Å². The number of hydrogen-bond donors (Lipinski definition) is 3. The molecule has 1 atom stereocenters. The first-order chi connectivity index (χ1) is 17.3. The van der Waals surface area contributed by atoms with E-state index in [1.807, 2.05) is 6.07 Å². The monoisotopic (exact) mass is 519 g/mol. The number of rotatable bonds is 10. The van der Waals surface area contributed by atoms with E-state index in [9.17, 15) is 4.39 Å². The number of nitrogens with one attached hydrogen (secondary N) is 3. The fourth-order valence-electron chi connectivity index (χ4n) is 5.12. The van der Waals surface area contributed by atoms with E-state index in [0.717, 1.165) is 58.3 Å². The second kappa shape index (κ2) is 12.5. The molecule has 3 N–H and O–H groups in total. The Hall–Kier alpha value is -2.00. The lowest BCUT2D eigenvalue weighted by molar-refractivity contribution is 0.0300. The Balaban J connectivity index is 1.39. The zero-order valence-corrected chi connectivity index (χ0v) is 22.3. The maximum Gasteiger partial charge on any atom is 0.152 e. The summed E-state index contributed by atoms with van der Waals surface area (Å²) in [6.45, 7) is 7.41. The van der Waals surface area contributed by atoms with E-state index < -0.39 is 0 Å². The molecule has 1 saturated heterocycles. The van der Waals surface area contributed by atoms with Gasteiger partial charge in [-0.05, 0) is 63.0 Å². The molecule has 2 aromatic heterocycles. The minimum Gasteiger partial charge on any atom is -0.383 e. The first-order valence-corrected chi connectivity index (χ1v) is 13.4. The number of ether oxygens (including phenoxy) is 2. The van der Waals surface area contributed by atoms with E-state index >= 15 is 0 Å². The summed E-state index contributed by atoms with van der Waals surface area (Å²) in [6, 6.07) is 4.80. The first-order valence-electron chi connectivity index (χ1n) is 13.0. The molecule has 4 rings (SSSR count). The number of aromatic nitrogens is 2. The van der Waals surface area contributed by atoms with Crippen LogP contribution < -0.4 is 16.0 Å². The Morgan fingerprint density at radius 1 is 1.14 bits per heavy atom. The van der Waals surface area contributed by atoms with Crippen LogP contribution in [0.5, 0.6) is 0 Å². The molecule has 198 valence electrons. The molecule has 2 fully saturated rings. The highest BCUT2D eigenvalue weighted by Gasteiger charge is 2.27. The quantitative estimate of drug-likeness (QED) is 0.357. The van der Waals surface area contributed by atoms with Crippen LogP contribution in [0.15, 0.2) is 24.5 Å². The minimum absolute atomic E-state index is 0.132. The second-order valence-electron chi connectivity index (χ2n) is 10.6. The molecule has 9 heteroatoms. The molecule has 0 spiro atoms. The van der Waals surface area contributed by atoms with Crippen molar-refractivity contribution in [1.29, 1.82) is 0 Å². The molecule has 0 unspecified atom stereocenters. The Morgan fingerprint density at radius 3 is 2.58 bits per heavy atom. The van der Waals surface area contributed by atoms with Crippen LogP contribution in [0.4, 0.5) is 15.9 Å². The first kappa shape index (κ1) is 27.0. The van der Waals surface area contributed by atoms with Gasteiger partial charge in [0.25, 0.3) is 0 Å². The van der Waals surface area contributed by atoms with Crippen molar-refractivity contribution >= 4 is 23.1 Å². The molecule has 0 aromatic carbocycles. The van der Waals surface area contributed by atoms with Crippen LogP contribution in [0, 0.1) is 11.2 Å². The summed E-state index contributed by atoms with van der Waals surface area (Å²) < 4.78 is 25.6. The van der Waals surface area contributed by atoms with Crippen molar-refractivity contribution in [1.82, 2.24) is 15.3 Å². The van der Waals surface area contributed by atoms with Crippen LogP contribution in [0.1, 0.15) is 52.4 Å². The topological polar surface area (TPSA) is 80.3 Å². The molecule has 0 radical (unpaired) electrons. The van der Waals surface area contributed by atoms with Crippen LogP contribution in [-0.4, -0.2) is 61.6 Å².